The fourth-order valence-electron chi connectivity index (χ4n) is 3.45. The molecule has 2 aliphatic heterocycles. The molecule has 27 heavy (non-hydrogen) atoms. The van der Waals surface area contributed by atoms with Gasteiger partial charge in [-0.15, -0.1) is 11.3 Å². The summed E-state index contributed by atoms with van der Waals surface area (Å²) in [4.78, 5) is 41.2. The zero-order chi connectivity index (χ0) is 18.8. The van der Waals surface area contributed by atoms with Gasteiger partial charge in [-0.05, 0) is 28.7 Å². The molecule has 1 N–H and O–H groups in total. The molecule has 138 valence electrons. The first-order chi connectivity index (χ1) is 13.1. The normalized spacial score (nSPS) is 20.4. The SMILES string of the molecule is O=C1C(=O)N(C[NH+]2CC=C(c3ccccc3)CC2)C(=O)N1Cc1cccs1. The van der Waals surface area contributed by atoms with Crippen molar-refractivity contribution in [2.45, 2.75) is 13.0 Å². The molecule has 1 atom stereocenters. The summed E-state index contributed by atoms with van der Waals surface area (Å²) in [6, 6.07) is 13.4. The summed E-state index contributed by atoms with van der Waals surface area (Å²) in [5.74, 6) is -1.45. The first-order valence-electron chi connectivity index (χ1n) is 8.91. The van der Waals surface area contributed by atoms with Crippen molar-refractivity contribution in [3.63, 3.8) is 0 Å². The molecule has 1 unspecified atom stereocenters. The van der Waals surface area contributed by atoms with Gasteiger partial charge in [0.15, 0.2) is 6.67 Å². The monoisotopic (exact) mass is 382 g/mol. The molecule has 4 amide bonds. The van der Waals surface area contributed by atoms with Gasteiger partial charge in [0, 0.05) is 11.3 Å². The van der Waals surface area contributed by atoms with Gasteiger partial charge in [0.05, 0.1) is 19.6 Å². The number of hydrogen-bond donors (Lipinski definition) is 1. The fourth-order valence-corrected chi connectivity index (χ4v) is 4.15. The van der Waals surface area contributed by atoms with E-state index >= 15 is 0 Å². The number of rotatable bonds is 5. The number of nitrogens with one attached hydrogen (secondary N) is 1. The highest BCUT2D eigenvalue weighted by atomic mass is 32.1. The number of urea groups is 1. The number of hydrogen-bond acceptors (Lipinski definition) is 4. The number of carbonyl (C=O) groups excluding carboxylic acids is 3. The Balaban J connectivity index is 1.41. The van der Waals surface area contributed by atoms with Crippen LogP contribution < -0.4 is 4.90 Å². The van der Waals surface area contributed by atoms with E-state index in [9.17, 15) is 14.4 Å². The van der Waals surface area contributed by atoms with Crippen LogP contribution in [0.2, 0.25) is 0 Å². The van der Waals surface area contributed by atoms with E-state index < -0.39 is 17.8 Å². The Bertz CT molecular complexity index is 892. The third-order valence-corrected chi connectivity index (χ3v) is 5.80. The van der Waals surface area contributed by atoms with Crippen LogP contribution >= 0.6 is 11.3 Å². The van der Waals surface area contributed by atoms with Gasteiger partial charge >= 0.3 is 17.8 Å². The standard InChI is InChI=1S/C20H19N3O3S/c24-18-19(25)23(20(26)22(18)13-17-7-4-12-27-17)14-21-10-8-16(9-11-21)15-5-2-1-3-6-15/h1-8,12H,9-11,13-14H2/p+1. The van der Waals surface area contributed by atoms with Gasteiger partial charge in [-0.25, -0.2) is 14.6 Å². The van der Waals surface area contributed by atoms with Gasteiger partial charge in [0.25, 0.3) is 0 Å². The summed E-state index contributed by atoms with van der Waals surface area (Å²) < 4.78 is 0. The number of nitrogens with zero attached hydrogens (tertiary/aromatic N) is 2. The molecule has 0 bridgehead atoms. The molecule has 1 aromatic heterocycles. The van der Waals surface area contributed by atoms with Crippen molar-refractivity contribution in [3.8, 4) is 0 Å². The number of imide groups is 2. The molecule has 1 saturated heterocycles. The minimum Gasteiger partial charge on any atom is -0.314 e. The van der Waals surface area contributed by atoms with E-state index in [1.165, 1.54) is 22.5 Å². The number of benzene rings is 1. The highest BCUT2D eigenvalue weighted by Gasteiger charge is 2.46. The van der Waals surface area contributed by atoms with Crippen LogP contribution in [0, 0.1) is 0 Å². The Labute approximate surface area is 161 Å². The highest BCUT2D eigenvalue weighted by Crippen LogP contribution is 2.19. The maximum absolute atomic E-state index is 12.6. The highest BCUT2D eigenvalue weighted by molar-refractivity contribution is 7.09. The molecular weight excluding hydrogens is 362 g/mol. The van der Waals surface area contributed by atoms with Gasteiger partial charge in [-0.1, -0.05) is 36.4 Å². The topological polar surface area (TPSA) is 62.1 Å². The lowest BCUT2D eigenvalue weighted by Gasteiger charge is -2.26. The summed E-state index contributed by atoms with van der Waals surface area (Å²) in [5, 5.41) is 1.88. The molecule has 0 aliphatic carbocycles. The molecule has 0 radical (unpaired) electrons. The number of amides is 4. The molecule has 1 aromatic carbocycles. The summed E-state index contributed by atoms with van der Waals surface area (Å²) in [6.45, 7) is 1.92. The number of carbonyl (C=O) groups is 3. The van der Waals surface area contributed by atoms with Crippen molar-refractivity contribution in [1.82, 2.24) is 9.80 Å². The molecule has 2 aliphatic rings. The van der Waals surface area contributed by atoms with Crippen molar-refractivity contribution in [3.05, 3.63) is 64.4 Å². The zero-order valence-electron chi connectivity index (χ0n) is 14.8. The summed E-state index contributed by atoms with van der Waals surface area (Å²) in [5.41, 5.74) is 2.50. The zero-order valence-corrected chi connectivity index (χ0v) is 15.6. The summed E-state index contributed by atoms with van der Waals surface area (Å²) in [6.07, 6.45) is 3.03. The predicted molar refractivity (Wildman–Crippen MR) is 102 cm³/mol. The molecule has 3 heterocycles. The number of quaternary nitrogens is 1. The average Bonchev–Trinajstić information content (AvgIpc) is 3.29. The van der Waals surface area contributed by atoms with Crippen LogP contribution in [0.15, 0.2) is 53.9 Å². The predicted octanol–water partition coefficient (Wildman–Crippen LogP) is 1.37. The van der Waals surface area contributed by atoms with Crippen molar-refractivity contribution in [1.29, 1.82) is 0 Å². The largest absolute Gasteiger partial charge is 0.339 e. The molecular formula is C20H20N3O3S+. The Kier molecular flexibility index (Phi) is 4.87. The minimum absolute atomic E-state index is 0.158. The van der Waals surface area contributed by atoms with Crippen molar-refractivity contribution < 1.29 is 19.3 Å². The maximum atomic E-state index is 12.6. The molecule has 6 nitrogen and oxygen atoms in total. The lowest BCUT2D eigenvalue weighted by atomic mass is 10.00. The van der Waals surface area contributed by atoms with Gasteiger partial charge in [0.1, 0.15) is 0 Å². The Morgan fingerprint density at radius 3 is 2.41 bits per heavy atom. The molecule has 2 aromatic rings. The second-order valence-corrected chi connectivity index (χ2v) is 7.73. The van der Waals surface area contributed by atoms with E-state index in [1.54, 1.807) is 0 Å². The van der Waals surface area contributed by atoms with Crippen LogP contribution in [-0.2, 0) is 16.1 Å². The van der Waals surface area contributed by atoms with Crippen molar-refractivity contribution in [2.75, 3.05) is 19.8 Å². The van der Waals surface area contributed by atoms with E-state index in [0.29, 0.717) is 0 Å². The minimum atomic E-state index is -0.731. The van der Waals surface area contributed by atoms with Gasteiger partial charge < -0.3 is 4.90 Å². The Morgan fingerprint density at radius 1 is 0.963 bits per heavy atom. The van der Waals surface area contributed by atoms with Gasteiger partial charge in [-0.3, -0.25) is 9.59 Å². The summed E-state index contributed by atoms with van der Waals surface area (Å²) in [7, 11) is 0. The lowest BCUT2D eigenvalue weighted by molar-refractivity contribution is -0.902. The van der Waals surface area contributed by atoms with Crippen LogP contribution in [-0.4, -0.2) is 47.4 Å². The molecule has 4 rings (SSSR count). The smallest absolute Gasteiger partial charge is 0.314 e. The van der Waals surface area contributed by atoms with E-state index in [-0.39, 0.29) is 13.2 Å². The van der Waals surface area contributed by atoms with Crippen LogP contribution in [0.1, 0.15) is 16.9 Å². The maximum Gasteiger partial charge on any atom is 0.339 e. The van der Waals surface area contributed by atoms with Gasteiger partial charge in [-0.2, -0.15) is 0 Å². The second-order valence-electron chi connectivity index (χ2n) is 6.69. The van der Waals surface area contributed by atoms with E-state index in [1.807, 2.05) is 35.7 Å². The lowest BCUT2D eigenvalue weighted by Crippen LogP contribution is -3.14. The van der Waals surface area contributed by atoms with Crippen LogP contribution in [0.4, 0.5) is 4.79 Å². The second kappa shape index (κ2) is 7.46. The van der Waals surface area contributed by atoms with E-state index in [0.717, 1.165) is 39.1 Å². The average molecular weight is 382 g/mol. The summed E-state index contributed by atoms with van der Waals surface area (Å²) >= 11 is 1.46. The number of thiophene rings is 1. The van der Waals surface area contributed by atoms with Crippen molar-refractivity contribution in [2.24, 2.45) is 0 Å². The van der Waals surface area contributed by atoms with Crippen LogP contribution in [0.5, 0.6) is 0 Å². The third kappa shape index (κ3) is 3.56. The van der Waals surface area contributed by atoms with Crippen molar-refractivity contribution >= 4 is 34.8 Å². The fraction of sp³-hybridized carbons (Fsp3) is 0.250. The van der Waals surface area contributed by atoms with E-state index in [2.05, 4.69) is 18.2 Å². The van der Waals surface area contributed by atoms with E-state index in [4.69, 9.17) is 0 Å². The quantitative estimate of drug-likeness (QED) is 0.628. The molecule has 0 spiro atoms. The third-order valence-electron chi connectivity index (χ3n) is 4.94. The first-order valence-corrected chi connectivity index (χ1v) is 9.79. The first kappa shape index (κ1) is 17.6. The van der Waals surface area contributed by atoms with Gasteiger partial charge in [0.2, 0.25) is 0 Å². The Morgan fingerprint density at radius 2 is 1.74 bits per heavy atom. The molecule has 1 fully saturated rings. The molecule has 0 saturated carbocycles. The Hall–Kier alpha value is -2.77. The van der Waals surface area contributed by atoms with Crippen LogP contribution in [0.3, 0.4) is 0 Å². The molecule has 7 heteroatoms. The van der Waals surface area contributed by atoms with Crippen LogP contribution in [0.25, 0.3) is 5.57 Å².